The maximum atomic E-state index is 11.5. The van der Waals surface area contributed by atoms with Crippen molar-refractivity contribution >= 4 is 23.2 Å². The number of carbonyl (C=O) groups is 1. The van der Waals surface area contributed by atoms with Crippen LogP contribution >= 0.6 is 12.2 Å². The number of hydrogen-bond acceptors (Lipinski definition) is 3. The first-order valence-corrected chi connectivity index (χ1v) is 5.39. The lowest BCUT2D eigenvalue weighted by Crippen LogP contribution is -2.39. The molecule has 1 aromatic carbocycles. The molecule has 1 amide bonds. The van der Waals surface area contributed by atoms with Crippen LogP contribution in [0.4, 0.5) is 0 Å². The molecule has 0 atom stereocenters. The molecule has 16 heavy (non-hydrogen) atoms. The quantitative estimate of drug-likeness (QED) is 0.686. The Labute approximate surface area is 99.7 Å². The molecule has 0 bridgehead atoms. The van der Waals surface area contributed by atoms with Gasteiger partial charge in [-0.25, -0.2) is 0 Å². The van der Waals surface area contributed by atoms with Crippen LogP contribution in [0, 0.1) is 0 Å². The Bertz CT molecular complexity index is 393. The summed E-state index contributed by atoms with van der Waals surface area (Å²) in [7, 11) is 0. The van der Waals surface area contributed by atoms with E-state index in [9.17, 15) is 9.90 Å². The van der Waals surface area contributed by atoms with Gasteiger partial charge in [0.25, 0.3) is 0 Å². The molecule has 0 fully saturated rings. The molecule has 1 aromatic rings. The van der Waals surface area contributed by atoms with E-state index in [-0.39, 0.29) is 18.1 Å². The van der Waals surface area contributed by atoms with Gasteiger partial charge < -0.3 is 15.7 Å². The van der Waals surface area contributed by atoms with Crippen LogP contribution in [0.5, 0.6) is 5.75 Å². The molecule has 3 N–H and O–H groups in total. The molecule has 0 heterocycles. The summed E-state index contributed by atoms with van der Waals surface area (Å²) in [5, 5.41) is 15.1. The van der Waals surface area contributed by atoms with Crippen LogP contribution < -0.4 is 10.6 Å². The summed E-state index contributed by atoms with van der Waals surface area (Å²) in [6.07, 6.45) is 0.109. The van der Waals surface area contributed by atoms with Crippen molar-refractivity contribution < 1.29 is 9.90 Å². The summed E-state index contributed by atoms with van der Waals surface area (Å²) in [5.41, 5.74) is 0.583. The van der Waals surface area contributed by atoms with Gasteiger partial charge in [-0.2, -0.15) is 0 Å². The minimum Gasteiger partial charge on any atom is -0.508 e. The van der Waals surface area contributed by atoms with Crippen LogP contribution in [0.3, 0.4) is 0 Å². The molecule has 4 nitrogen and oxygen atoms in total. The predicted octanol–water partition coefficient (Wildman–Crippen LogP) is 0.945. The van der Waals surface area contributed by atoms with E-state index >= 15 is 0 Å². The minimum atomic E-state index is -0.243. The average molecular weight is 238 g/mol. The molecule has 0 unspecified atom stereocenters. The van der Waals surface area contributed by atoms with Crippen molar-refractivity contribution in [2.75, 3.05) is 6.54 Å². The maximum Gasteiger partial charge on any atom is 0.230 e. The maximum absolute atomic E-state index is 11.5. The van der Waals surface area contributed by atoms with E-state index in [1.165, 1.54) is 0 Å². The molecular weight excluding hydrogens is 224 g/mol. The van der Waals surface area contributed by atoms with E-state index in [4.69, 9.17) is 12.2 Å². The van der Waals surface area contributed by atoms with Gasteiger partial charge in [0.2, 0.25) is 5.91 Å². The molecule has 0 aliphatic rings. The van der Waals surface area contributed by atoms with Crippen molar-refractivity contribution in [3.8, 4) is 5.75 Å². The fourth-order valence-corrected chi connectivity index (χ4v) is 1.47. The molecule has 0 radical (unpaired) electrons. The Morgan fingerprint density at radius 1 is 1.44 bits per heavy atom. The number of amides is 1. The second-order valence-corrected chi connectivity index (χ2v) is 3.62. The lowest BCUT2D eigenvalue weighted by atomic mass is 10.1. The summed E-state index contributed by atoms with van der Waals surface area (Å²) < 4.78 is 0. The van der Waals surface area contributed by atoms with Crippen LogP contribution in [0.2, 0.25) is 0 Å². The molecule has 0 aromatic heterocycles. The highest BCUT2D eigenvalue weighted by Crippen LogP contribution is 2.15. The summed E-state index contributed by atoms with van der Waals surface area (Å²) in [6.45, 7) is 2.55. The molecule has 0 aliphatic carbocycles. The number of hydrogen-bond donors (Lipinski definition) is 3. The predicted molar refractivity (Wildman–Crippen MR) is 66.2 cm³/mol. The lowest BCUT2D eigenvalue weighted by Gasteiger charge is -2.08. The first-order valence-electron chi connectivity index (χ1n) is 4.98. The van der Waals surface area contributed by atoms with Gasteiger partial charge in [-0.05, 0) is 25.2 Å². The third kappa shape index (κ3) is 3.86. The number of thiocarbonyl (C=S) groups is 1. The SMILES string of the molecule is CCNC(=S)NC(=O)Cc1ccccc1O. The van der Waals surface area contributed by atoms with Crippen LogP contribution in [0.25, 0.3) is 0 Å². The average Bonchev–Trinajstić information content (AvgIpc) is 2.21. The van der Waals surface area contributed by atoms with E-state index in [0.717, 1.165) is 0 Å². The normalized spacial score (nSPS) is 9.56. The Morgan fingerprint density at radius 2 is 2.12 bits per heavy atom. The fourth-order valence-electron chi connectivity index (χ4n) is 1.21. The Hall–Kier alpha value is -1.62. The van der Waals surface area contributed by atoms with Gasteiger partial charge in [-0.15, -0.1) is 0 Å². The molecule has 0 saturated heterocycles. The zero-order chi connectivity index (χ0) is 12.0. The van der Waals surface area contributed by atoms with Crippen molar-refractivity contribution in [1.82, 2.24) is 10.6 Å². The third-order valence-electron chi connectivity index (χ3n) is 1.93. The van der Waals surface area contributed by atoms with Crippen molar-refractivity contribution in [3.05, 3.63) is 29.8 Å². The summed E-state index contributed by atoms with van der Waals surface area (Å²) >= 11 is 4.87. The van der Waals surface area contributed by atoms with Crippen molar-refractivity contribution in [2.24, 2.45) is 0 Å². The van der Waals surface area contributed by atoms with Gasteiger partial charge in [-0.1, -0.05) is 18.2 Å². The summed E-state index contributed by atoms with van der Waals surface area (Å²) in [4.78, 5) is 11.5. The number of rotatable bonds is 3. The molecule has 1 rings (SSSR count). The second-order valence-electron chi connectivity index (χ2n) is 3.21. The van der Waals surface area contributed by atoms with Gasteiger partial charge in [0.05, 0.1) is 6.42 Å². The van der Waals surface area contributed by atoms with Crippen LogP contribution in [0.1, 0.15) is 12.5 Å². The zero-order valence-electron chi connectivity index (χ0n) is 8.99. The number of phenolic OH excluding ortho intramolecular Hbond substituents is 1. The smallest absolute Gasteiger partial charge is 0.230 e. The number of carbonyl (C=O) groups excluding carboxylic acids is 1. The number of nitrogens with one attached hydrogen (secondary N) is 2. The Morgan fingerprint density at radius 3 is 2.75 bits per heavy atom. The fraction of sp³-hybridized carbons (Fsp3) is 0.273. The highest BCUT2D eigenvalue weighted by molar-refractivity contribution is 7.80. The highest BCUT2D eigenvalue weighted by Gasteiger charge is 2.07. The van der Waals surface area contributed by atoms with Crippen LogP contribution in [0.15, 0.2) is 24.3 Å². The number of benzene rings is 1. The van der Waals surface area contributed by atoms with E-state index in [1.807, 2.05) is 6.92 Å². The zero-order valence-corrected chi connectivity index (χ0v) is 9.80. The van der Waals surface area contributed by atoms with Crippen LogP contribution in [-0.4, -0.2) is 22.7 Å². The van der Waals surface area contributed by atoms with Gasteiger partial charge >= 0.3 is 0 Å². The monoisotopic (exact) mass is 238 g/mol. The summed E-state index contributed by atoms with van der Waals surface area (Å²) in [6, 6.07) is 6.72. The summed E-state index contributed by atoms with van der Waals surface area (Å²) in [5.74, 6) is -0.125. The molecule has 0 aliphatic heterocycles. The van der Waals surface area contributed by atoms with Crippen molar-refractivity contribution in [3.63, 3.8) is 0 Å². The lowest BCUT2D eigenvalue weighted by molar-refractivity contribution is -0.119. The standard InChI is InChI=1S/C11H14N2O2S/c1-2-12-11(16)13-10(15)7-8-5-3-4-6-9(8)14/h3-6,14H,2,7H2,1H3,(H2,12,13,15,16). The number of aromatic hydroxyl groups is 1. The Balaban J connectivity index is 2.52. The molecule has 5 heteroatoms. The number of para-hydroxylation sites is 1. The highest BCUT2D eigenvalue weighted by atomic mass is 32.1. The van der Waals surface area contributed by atoms with E-state index < -0.39 is 0 Å². The first-order chi connectivity index (χ1) is 7.63. The van der Waals surface area contributed by atoms with Crippen molar-refractivity contribution in [2.45, 2.75) is 13.3 Å². The largest absolute Gasteiger partial charge is 0.508 e. The van der Waals surface area contributed by atoms with Gasteiger partial charge in [0.15, 0.2) is 5.11 Å². The van der Waals surface area contributed by atoms with Crippen molar-refractivity contribution in [1.29, 1.82) is 0 Å². The van der Waals surface area contributed by atoms with E-state index in [1.54, 1.807) is 24.3 Å². The topological polar surface area (TPSA) is 61.4 Å². The number of phenols is 1. The molecule has 0 spiro atoms. The molecule has 86 valence electrons. The van der Waals surface area contributed by atoms with Gasteiger partial charge in [-0.3, -0.25) is 4.79 Å². The van der Waals surface area contributed by atoms with E-state index in [2.05, 4.69) is 10.6 Å². The minimum absolute atomic E-state index is 0.109. The second kappa shape index (κ2) is 6.07. The van der Waals surface area contributed by atoms with E-state index in [0.29, 0.717) is 17.2 Å². The third-order valence-corrected chi connectivity index (χ3v) is 2.18. The first kappa shape index (κ1) is 12.4. The molecule has 0 saturated carbocycles. The molecular formula is C11H14N2O2S. The Kier molecular flexibility index (Phi) is 4.72. The van der Waals surface area contributed by atoms with Gasteiger partial charge in [0.1, 0.15) is 5.75 Å². The van der Waals surface area contributed by atoms with Gasteiger partial charge in [0, 0.05) is 12.1 Å². The van der Waals surface area contributed by atoms with Crippen LogP contribution in [-0.2, 0) is 11.2 Å².